The minimum Gasteiger partial charge on any atom is -0.303 e. The maximum atomic E-state index is 12.1. The Morgan fingerprint density at radius 1 is 1.21 bits per heavy atom. The highest BCUT2D eigenvalue weighted by molar-refractivity contribution is 7.89. The summed E-state index contributed by atoms with van der Waals surface area (Å²) in [4.78, 5) is 2.49. The smallest absolute Gasteiger partial charge is 0.230 e. The third kappa shape index (κ3) is 3.47. The number of nitriles is 1. The molecule has 0 N–H and O–H groups in total. The first-order valence-corrected chi connectivity index (χ1v) is 8.65. The van der Waals surface area contributed by atoms with E-state index >= 15 is 0 Å². The van der Waals surface area contributed by atoms with E-state index in [0.717, 1.165) is 19.4 Å². The summed E-state index contributed by atoms with van der Waals surface area (Å²) in [7, 11) is -3.40. The zero-order valence-corrected chi connectivity index (χ0v) is 12.4. The van der Waals surface area contributed by atoms with Crippen LogP contribution in [0.3, 0.4) is 0 Å². The first-order chi connectivity index (χ1) is 9.04. The van der Waals surface area contributed by atoms with Crippen molar-refractivity contribution < 1.29 is 8.42 Å². The van der Waals surface area contributed by atoms with Gasteiger partial charge < -0.3 is 4.90 Å². The number of hydrogen-bond donors (Lipinski definition) is 0. The fourth-order valence-corrected chi connectivity index (χ4v) is 4.27. The molecule has 0 amide bonds. The summed E-state index contributed by atoms with van der Waals surface area (Å²) in [5.74, 6) is 0.613. The Morgan fingerprint density at radius 2 is 1.79 bits per heavy atom. The van der Waals surface area contributed by atoms with E-state index in [0.29, 0.717) is 19.0 Å². The molecule has 0 aliphatic carbocycles. The number of sulfonamides is 1. The van der Waals surface area contributed by atoms with Crippen molar-refractivity contribution >= 4 is 10.0 Å². The van der Waals surface area contributed by atoms with E-state index in [1.807, 2.05) is 6.07 Å². The molecule has 2 fully saturated rings. The molecule has 0 spiro atoms. The van der Waals surface area contributed by atoms with E-state index in [9.17, 15) is 8.42 Å². The second-order valence-corrected chi connectivity index (χ2v) is 7.92. The maximum absolute atomic E-state index is 12.1. The third-order valence-corrected chi connectivity index (χ3v) is 6.36. The minimum absolute atomic E-state index is 0.576. The van der Waals surface area contributed by atoms with Crippen LogP contribution in [0.4, 0.5) is 0 Å². The van der Waals surface area contributed by atoms with Gasteiger partial charge in [0.15, 0.2) is 5.25 Å². The lowest BCUT2D eigenvalue weighted by Gasteiger charge is -2.33. The van der Waals surface area contributed by atoms with Crippen LogP contribution in [0.15, 0.2) is 0 Å². The molecule has 2 heterocycles. The fraction of sp³-hybridized carbons (Fsp3) is 0.923. The van der Waals surface area contributed by atoms with Gasteiger partial charge in [-0.25, -0.2) is 12.7 Å². The normalized spacial score (nSPS) is 25.3. The van der Waals surface area contributed by atoms with Gasteiger partial charge in [0.05, 0.1) is 6.07 Å². The first kappa shape index (κ1) is 14.8. The lowest BCUT2D eigenvalue weighted by atomic mass is 9.98. The van der Waals surface area contributed by atoms with Crippen LogP contribution in [0.25, 0.3) is 0 Å². The Hall–Kier alpha value is -0.640. The van der Waals surface area contributed by atoms with Crippen LogP contribution in [0.1, 0.15) is 32.6 Å². The standard InChI is InChI=1S/C13H23N3O2S/c1-12(10-14)19(17,18)16-8-4-13(5-9-16)11-15-6-2-3-7-15/h12-13H,2-9,11H2,1H3. The van der Waals surface area contributed by atoms with Crippen molar-refractivity contribution in [2.75, 3.05) is 32.7 Å². The zero-order chi connectivity index (χ0) is 13.9. The van der Waals surface area contributed by atoms with Gasteiger partial charge in [-0.05, 0) is 51.6 Å². The molecule has 2 aliphatic rings. The summed E-state index contributed by atoms with van der Waals surface area (Å²) in [6, 6.07) is 1.83. The zero-order valence-electron chi connectivity index (χ0n) is 11.6. The Morgan fingerprint density at radius 3 is 2.32 bits per heavy atom. The highest BCUT2D eigenvalue weighted by atomic mass is 32.2. The minimum atomic E-state index is -3.40. The molecular weight excluding hydrogens is 262 g/mol. The van der Waals surface area contributed by atoms with E-state index in [4.69, 9.17) is 5.26 Å². The molecule has 1 unspecified atom stereocenters. The Balaban J connectivity index is 1.83. The van der Waals surface area contributed by atoms with Crippen molar-refractivity contribution in [3.8, 4) is 6.07 Å². The van der Waals surface area contributed by atoms with E-state index < -0.39 is 15.3 Å². The second kappa shape index (κ2) is 6.21. The molecule has 2 aliphatic heterocycles. The average molecular weight is 285 g/mol. The highest BCUT2D eigenvalue weighted by Crippen LogP contribution is 2.23. The fourth-order valence-electron chi connectivity index (χ4n) is 2.97. The largest absolute Gasteiger partial charge is 0.303 e. The molecule has 19 heavy (non-hydrogen) atoms. The van der Waals surface area contributed by atoms with Crippen molar-refractivity contribution in [2.45, 2.75) is 37.9 Å². The summed E-state index contributed by atoms with van der Waals surface area (Å²) >= 11 is 0. The molecule has 5 nitrogen and oxygen atoms in total. The van der Waals surface area contributed by atoms with Crippen molar-refractivity contribution in [3.05, 3.63) is 0 Å². The van der Waals surface area contributed by atoms with Gasteiger partial charge >= 0.3 is 0 Å². The predicted molar refractivity (Wildman–Crippen MR) is 74.0 cm³/mol. The van der Waals surface area contributed by atoms with E-state index in [1.165, 1.54) is 37.2 Å². The Kier molecular flexibility index (Phi) is 4.82. The molecule has 0 saturated carbocycles. The van der Waals surface area contributed by atoms with Crippen molar-refractivity contribution in [2.24, 2.45) is 5.92 Å². The number of likely N-dealkylation sites (tertiary alicyclic amines) is 1. The van der Waals surface area contributed by atoms with Crippen LogP contribution in [-0.2, 0) is 10.0 Å². The van der Waals surface area contributed by atoms with Gasteiger partial charge in [-0.2, -0.15) is 5.26 Å². The Labute approximate surface area is 116 Å². The quantitative estimate of drug-likeness (QED) is 0.774. The lowest BCUT2D eigenvalue weighted by molar-refractivity contribution is 0.205. The van der Waals surface area contributed by atoms with Gasteiger partial charge in [0, 0.05) is 19.6 Å². The molecule has 0 aromatic carbocycles. The topological polar surface area (TPSA) is 64.4 Å². The Bertz CT molecular complexity index is 429. The molecule has 2 saturated heterocycles. The van der Waals surface area contributed by atoms with E-state index in [2.05, 4.69) is 4.90 Å². The van der Waals surface area contributed by atoms with Gasteiger partial charge in [-0.1, -0.05) is 0 Å². The maximum Gasteiger partial charge on any atom is 0.230 e. The van der Waals surface area contributed by atoms with Gasteiger partial charge in [-0.15, -0.1) is 0 Å². The average Bonchev–Trinajstić information content (AvgIpc) is 2.91. The molecule has 108 valence electrons. The van der Waals surface area contributed by atoms with Crippen LogP contribution in [0.5, 0.6) is 0 Å². The number of rotatable bonds is 4. The molecule has 0 radical (unpaired) electrons. The van der Waals surface area contributed by atoms with Gasteiger partial charge in [-0.3, -0.25) is 0 Å². The van der Waals surface area contributed by atoms with Gasteiger partial charge in [0.2, 0.25) is 10.0 Å². The van der Waals surface area contributed by atoms with Gasteiger partial charge in [0.25, 0.3) is 0 Å². The van der Waals surface area contributed by atoms with Gasteiger partial charge in [0.1, 0.15) is 0 Å². The number of piperidine rings is 1. The highest BCUT2D eigenvalue weighted by Gasteiger charge is 2.32. The molecule has 6 heteroatoms. The van der Waals surface area contributed by atoms with Crippen LogP contribution >= 0.6 is 0 Å². The van der Waals surface area contributed by atoms with Crippen molar-refractivity contribution in [1.29, 1.82) is 5.26 Å². The first-order valence-electron chi connectivity index (χ1n) is 7.15. The van der Waals surface area contributed by atoms with Crippen molar-refractivity contribution in [3.63, 3.8) is 0 Å². The molecule has 1 atom stereocenters. The second-order valence-electron chi connectivity index (χ2n) is 5.67. The SMILES string of the molecule is CC(C#N)S(=O)(=O)N1CCC(CN2CCCC2)CC1. The molecule has 2 rings (SSSR count). The van der Waals surface area contributed by atoms with E-state index in [-0.39, 0.29) is 0 Å². The van der Waals surface area contributed by atoms with Crippen molar-refractivity contribution in [1.82, 2.24) is 9.21 Å². The molecule has 0 aromatic rings. The number of nitrogens with zero attached hydrogens (tertiary/aromatic N) is 3. The summed E-state index contributed by atoms with van der Waals surface area (Å²) < 4.78 is 25.6. The number of hydrogen-bond acceptors (Lipinski definition) is 4. The van der Waals surface area contributed by atoms with Crippen LogP contribution < -0.4 is 0 Å². The summed E-state index contributed by atoms with van der Waals surface area (Å²) in [6.07, 6.45) is 4.45. The van der Waals surface area contributed by atoms with Crippen LogP contribution in [0, 0.1) is 17.2 Å². The monoisotopic (exact) mass is 285 g/mol. The van der Waals surface area contributed by atoms with Crippen LogP contribution in [-0.4, -0.2) is 55.6 Å². The van der Waals surface area contributed by atoms with Crippen LogP contribution in [0.2, 0.25) is 0 Å². The lowest BCUT2D eigenvalue weighted by Crippen LogP contribution is -2.44. The summed E-state index contributed by atoms with van der Waals surface area (Å²) in [6.45, 7) is 6.13. The summed E-state index contributed by atoms with van der Waals surface area (Å²) in [5, 5.41) is 7.85. The molecule has 0 aromatic heterocycles. The molecule has 0 bridgehead atoms. The van der Waals surface area contributed by atoms with E-state index in [1.54, 1.807) is 0 Å². The molecular formula is C13H23N3O2S. The third-order valence-electron chi connectivity index (χ3n) is 4.28. The summed E-state index contributed by atoms with van der Waals surface area (Å²) in [5.41, 5.74) is 0. The predicted octanol–water partition coefficient (Wildman–Crippen LogP) is 1.04.